The van der Waals surface area contributed by atoms with Crippen molar-refractivity contribution in [3.05, 3.63) is 56.4 Å². The van der Waals surface area contributed by atoms with Crippen LogP contribution in [-0.4, -0.2) is 26.5 Å². The van der Waals surface area contributed by atoms with E-state index in [-0.39, 0.29) is 23.4 Å². The van der Waals surface area contributed by atoms with E-state index in [0.29, 0.717) is 16.3 Å². The zero-order valence-electron chi connectivity index (χ0n) is 14.5. The zero-order chi connectivity index (χ0) is 19.0. The van der Waals surface area contributed by atoms with Gasteiger partial charge in [0.15, 0.2) is 0 Å². The van der Waals surface area contributed by atoms with Gasteiger partial charge in [0.05, 0.1) is 10.9 Å². The number of hydrogen-bond donors (Lipinski definition) is 2. The number of carboxylic acid groups (broad SMARTS) is 1. The van der Waals surface area contributed by atoms with E-state index in [4.69, 9.17) is 0 Å². The smallest absolute Gasteiger partial charge is 0.337 e. The highest BCUT2D eigenvalue weighted by atomic mass is 32.1. The van der Waals surface area contributed by atoms with E-state index in [9.17, 15) is 19.5 Å². The van der Waals surface area contributed by atoms with Gasteiger partial charge in [-0.1, -0.05) is 18.2 Å². The number of hydrogen-bond acceptors (Lipinski definition) is 5. The van der Waals surface area contributed by atoms with Gasteiger partial charge in [0, 0.05) is 11.1 Å². The van der Waals surface area contributed by atoms with Gasteiger partial charge in [0.1, 0.15) is 17.2 Å². The Balaban J connectivity index is 1.98. The summed E-state index contributed by atoms with van der Waals surface area (Å²) in [6.07, 6.45) is 0. The molecule has 0 atom stereocenters. The Bertz CT molecular complexity index is 1080. The van der Waals surface area contributed by atoms with E-state index in [1.807, 2.05) is 32.0 Å². The van der Waals surface area contributed by atoms with Gasteiger partial charge in [0.2, 0.25) is 5.91 Å². The number of rotatable bonds is 4. The Morgan fingerprint density at radius 3 is 2.50 bits per heavy atom. The van der Waals surface area contributed by atoms with Crippen LogP contribution in [0.4, 0.5) is 5.69 Å². The summed E-state index contributed by atoms with van der Waals surface area (Å²) in [5, 5.41) is 13.5. The quantitative estimate of drug-likeness (QED) is 0.734. The number of thiophene rings is 1. The molecule has 26 heavy (non-hydrogen) atoms. The van der Waals surface area contributed by atoms with Crippen molar-refractivity contribution < 1.29 is 14.7 Å². The molecule has 0 unspecified atom stereocenters. The first-order valence-electron chi connectivity index (χ1n) is 7.87. The van der Waals surface area contributed by atoms with Gasteiger partial charge >= 0.3 is 5.97 Å². The van der Waals surface area contributed by atoms with Crippen molar-refractivity contribution >= 4 is 39.1 Å². The average molecular weight is 371 g/mol. The minimum atomic E-state index is -1.19. The second-order valence-electron chi connectivity index (χ2n) is 6.00. The Labute approximate surface area is 152 Å². The Morgan fingerprint density at radius 1 is 1.23 bits per heavy atom. The molecule has 2 heterocycles. The molecule has 8 heteroatoms. The molecule has 2 N–H and O–H groups in total. The number of carbonyl (C=O) groups excluding carboxylic acids is 1. The molecule has 0 saturated heterocycles. The van der Waals surface area contributed by atoms with E-state index >= 15 is 0 Å². The number of nitrogens with zero attached hydrogens (tertiary/aromatic N) is 2. The second-order valence-corrected chi connectivity index (χ2v) is 6.86. The van der Waals surface area contributed by atoms with Gasteiger partial charge in [-0.3, -0.25) is 14.2 Å². The van der Waals surface area contributed by atoms with E-state index in [0.717, 1.165) is 22.5 Å². The highest BCUT2D eigenvalue weighted by Gasteiger charge is 2.19. The maximum Gasteiger partial charge on any atom is 0.337 e. The average Bonchev–Trinajstić information content (AvgIpc) is 2.99. The number of fused-ring (bicyclic) bond motifs is 1. The number of amides is 1. The van der Waals surface area contributed by atoms with Crippen LogP contribution in [0.5, 0.6) is 0 Å². The molecule has 0 aliphatic heterocycles. The van der Waals surface area contributed by atoms with Gasteiger partial charge in [-0.2, -0.15) is 0 Å². The van der Waals surface area contributed by atoms with Crippen molar-refractivity contribution in [3.8, 4) is 0 Å². The third-order valence-electron chi connectivity index (χ3n) is 4.16. The Morgan fingerprint density at radius 2 is 1.88 bits per heavy atom. The Hall–Kier alpha value is -3.00. The first kappa shape index (κ1) is 17.8. The number of carbonyl (C=O) groups is 2. The summed E-state index contributed by atoms with van der Waals surface area (Å²) in [7, 11) is 0. The highest BCUT2D eigenvalue weighted by molar-refractivity contribution is 7.17. The normalized spacial score (nSPS) is 10.9. The number of nitrogens with one attached hydrogen (secondary N) is 1. The lowest BCUT2D eigenvalue weighted by atomic mass is 10.1. The minimum absolute atomic E-state index is 0.0352. The zero-order valence-corrected chi connectivity index (χ0v) is 15.3. The van der Waals surface area contributed by atoms with Gasteiger partial charge in [-0.05, 0) is 31.9 Å². The van der Waals surface area contributed by atoms with Crippen LogP contribution in [0.1, 0.15) is 27.3 Å². The monoisotopic (exact) mass is 371 g/mol. The SMILES string of the molecule is Cc1cccc(C)c1NC(=O)Cn1c(C)nc2scc(C(=O)O)c2c1=O. The largest absolute Gasteiger partial charge is 0.478 e. The molecule has 0 aliphatic carbocycles. The predicted octanol–water partition coefficient (Wildman–Crippen LogP) is 2.72. The van der Waals surface area contributed by atoms with Crippen LogP contribution in [0.15, 0.2) is 28.4 Å². The summed E-state index contributed by atoms with van der Waals surface area (Å²) < 4.78 is 1.20. The van der Waals surface area contributed by atoms with Crippen LogP contribution >= 0.6 is 11.3 Å². The van der Waals surface area contributed by atoms with Crippen molar-refractivity contribution in [1.29, 1.82) is 0 Å². The van der Waals surface area contributed by atoms with Gasteiger partial charge in [0.25, 0.3) is 5.56 Å². The minimum Gasteiger partial charge on any atom is -0.478 e. The summed E-state index contributed by atoms with van der Waals surface area (Å²) in [5.41, 5.74) is 1.93. The van der Waals surface area contributed by atoms with Crippen molar-refractivity contribution in [2.24, 2.45) is 0 Å². The van der Waals surface area contributed by atoms with Crippen molar-refractivity contribution in [3.63, 3.8) is 0 Å². The maximum absolute atomic E-state index is 12.7. The molecule has 2 aromatic heterocycles. The number of anilines is 1. The number of benzene rings is 1. The lowest BCUT2D eigenvalue weighted by molar-refractivity contribution is -0.116. The number of aromatic nitrogens is 2. The number of carboxylic acids is 1. The highest BCUT2D eigenvalue weighted by Crippen LogP contribution is 2.22. The van der Waals surface area contributed by atoms with Crippen LogP contribution < -0.4 is 10.9 Å². The molecule has 3 rings (SSSR count). The van der Waals surface area contributed by atoms with Crippen molar-refractivity contribution in [1.82, 2.24) is 9.55 Å². The van der Waals surface area contributed by atoms with Crippen LogP contribution in [0.3, 0.4) is 0 Å². The summed E-state index contributed by atoms with van der Waals surface area (Å²) in [6.45, 7) is 5.15. The molecule has 0 aliphatic rings. The fraction of sp³-hybridized carbons (Fsp3) is 0.222. The third-order valence-corrected chi connectivity index (χ3v) is 5.03. The lowest BCUT2D eigenvalue weighted by Gasteiger charge is -2.13. The molecule has 3 aromatic rings. The molecule has 7 nitrogen and oxygen atoms in total. The van der Waals surface area contributed by atoms with Crippen LogP contribution in [0.2, 0.25) is 0 Å². The van der Waals surface area contributed by atoms with Gasteiger partial charge < -0.3 is 10.4 Å². The lowest BCUT2D eigenvalue weighted by Crippen LogP contribution is -2.30. The molecule has 0 radical (unpaired) electrons. The molecule has 0 bridgehead atoms. The first-order chi connectivity index (χ1) is 12.3. The summed E-state index contributed by atoms with van der Waals surface area (Å²) >= 11 is 1.10. The molecular weight excluding hydrogens is 354 g/mol. The fourth-order valence-electron chi connectivity index (χ4n) is 2.80. The van der Waals surface area contributed by atoms with E-state index in [1.165, 1.54) is 9.95 Å². The van der Waals surface area contributed by atoms with Crippen molar-refractivity contribution in [2.45, 2.75) is 27.3 Å². The molecule has 0 spiro atoms. The van der Waals surface area contributed by atoms with Gasteiger partial charge in [-0.25, -0.2) is 9.78 Å². The molecular formula is C18H17N3O4S. The summed E-state index contributed by atoms with van der Waals surface area (Å²) in [6, 6.07) is 5.67. The van der Waals surface area contributed by atoms with E-state index in [1.54, 1.807) is 6.92 Å². The molecule has 0 fully saturated rings. The van der Waals surface area contributed by atoms with Gasteiger partial charge in [-0.15, -0.1) is 11.3 Å². The predicted molar refractivity (Wildman–Crippen MR) is 100 cm³/mol. The first-order valence-corrected chi connectivity index (χ1v) is 8.75. The standard InChI is InChI=1S/C18H17N3O4S/c1-9-5-4-6-10(2)15(9)20-13(22)7-21-11(3)19-16-14(17(21)23)12(8-26-16)18(24)25/h4-6,8H,7H2,1-3H3,(H,20,22)(H,24,25). The summed E-state index contributed by atoms with van der Waals surface area (Å²) in [5.74, 6) is -1.20. The number of aryl methyl sites for hydroxylation is 3. The van der Waals surface area contributed by atoms with E-state index in [2.05, 4.69) is 10.3 Å². The molecule has 0 saturated carbocycles. The Kier molecular flexibility index (Phi) is 4.60. The number of aromatic carboxylic acids is 1. The van der Waals surface area contributed by atoms with E-state index < -0.39 is 11.5 Å². The topological polar surface area (TPSA) is 101 Å². The van der Waals surface area contributed by atoms with Crippen molar-refractivity contribution in [2.75, 3.05) is 5.32 Å². The molecule has 1 amide bonds. The summed E-state index contributed by atoms with van der Waals surface area (Å²) in [4.78, 5) is 41.2. The molecule has 1 aromatic carbocycles. The molecule has 134 valence electrons. The maximum atomic E-state index is 12.7. The number of para-hydroxylation sites is 1. The van der Waals surface area contributed by atoms with Crippen LogP contribution in [0, 0.1) is 20.8 Å². The second kappa shape index (κ2) is 6.72. The van der Waals surface area contributed by atoms with Crippen LogP contribution in [-0.2, 0) is 11.3 Å². The van der Waals surface area contributed by atoms with Crippen LogP contribution in [0.25, 0.3) is 10.2 Å². The fourth-order valence-corrected chi connectivity index (χ4v) is 3.75. The third kappa shape index (κ3) is 3.11.